The van der Waals surface area contributed by atoms with Crippen LogP contribution in [0, 0.1) is 5.92 Å². The molecular weight excluding hydrogens is 324 g/mol. The predicted octanol–water partition coefficient (Wildman–Crippen LogP) is 3.23. The fourth-order valence-electron chi connectivity index (χ4n) is 3.48. The van der Waals surface area contributed by atoms with Gasteiger partial charge >= 0.3 is 0 Å². The summed E-state index contributed by atoms with van der Waals surface area (Å²) in [6, 6.07) is 10.6. The molecule has 0 radical (unpaired) electrons. The summed E-state index contributed by atoms with van der Waals surface area (Å²) in [5.41, 5.74) is 1.30. The van der Waals surface area contributed by atoms with E-state index in [0.29, 0.717) is 0 Å². The Morgan fingerprint density at radius 1 is 1.19 bits per heavy atom. The van der Waals surface area contributed by atoms with Crippen LogP contribution < -0.4 is 10.2 Å². The zero-order valence-electron chi connectivity index (χ0n) is 16.8. The second-order valence-electron chi connectivity index (χ2n) is 7.01. The van der Waals surface area contributed by atoms with E-state index in [-0.39, 0.29) is 0 Å². The number of benzene rings is 1. The van der Waals surface area contributed by atoms with Gasteiger partial charge < -0.3 is 19.9 Å². The van der Waals surface area contributed by atoms with Gasteiger partial charge in [0, 0.05) is 59.2 Å². The Hall–Kier alpha value is -1.75. The number of anilines is 1. The number of nitrogens with zero attached hydrogens (tertiary/aromatic N) is 3. The lowest BCUT2D eigenvalue weighted by molar-refractivity contribution is 0.0625. The Morgan fingerprint density at radius 3 is 2.58 bits per heavy atom. The zero-order chi connectivity index (χ0) is 18.6. The fraction of sp³-hybridized carbons (Fsp3) is 0.667. The number of para-hydroxylation sites is 1. The summed E-state index contributed by atoms with van der Waals surface area (Å²) in [5.74, 6) is 1.80. The average Bonchev–Trinajstić information content (AvgIpc) is 2.70. The van der Waals surface area contributed by atoms with Gasteiger partial charge in [0.2, 0.25) is 0 Å². The monoisotopic (exact) mass is 360 g/mol. The number of hydrogen-bond donors (Lipinski definition) is 1. The molecular formula is C21H36N4O. The number of rotatable bonds is 9. The first kappa shape index (κ1) is 20.6. The molecule has 1 saturated heterocycles. The SMILES string of the molecule is CCN(CCCNC(=NC)N(C)CCC1CCOCC1)c1ccccc1. The fourth-order valence-corrected chi connectivity index (χ4v) is 3.48. The van der Waals surface area contributed by atoms with Gasteiger partial charge in [-0.15, -0.1) is 0 Å². The molecule has 0 amide bonds. The molecule has 26 heavy (non-hydrogen) atoms. The smallest absolute Gasteiger partial charge is 0.193 e. The minimum Gasteiger partial charge on any atom is -0.381 e. The van der Waals surface area contributed by atoms with E-state index in [9.17, 15) is 0 Å². The molecule has 0 spiro atoms. The van der Waals surface area contributed by atoms with Gasteiger partial charge in [0.25, 0.3) is 0 Å². The Kier molecular flexibility index (Phi) is 9.32. The highest BCUT2D eigenvalue weighted by Crippen LogP contribution is 2.18. The van der Waals surface area contributed by atoms with Gasteiger partial charge in [-0.1, -0.05) is 18.2 Å². The molecule has 0 aliphatic carbocycles. The summed E-state index contributed by atoms with van der Waals surface area (Å²) in [6.07, 6.45) is 4.71. The summed E-state index contributed by atoms with van der Waals surface area (Å²) in [6.45, 7) is 8.14. The first-order valence-electron chi connectivity index (χ1n) is 10.0. The third kappa shape index (κ3) is 6.87. The molecule has 1 N–H and O–H groups in total. The van der Waals surface area contributed by atoms with Crippen molar-refractivity contribution in [2.45, 2.75) is 32.6 Å². The van der Waals surface area contributed by atoms with Crippen LogP contribution in [0.1, 0.15) is 32.6 Å². The summed E-state index contributed by atoms with van der Waals surface area (Å²) in [7, 11) is 4.01. The molecule has 1 aliphatic rings. The summed E-state index contributed by atoms with van der Waals surface area (Å²) < 4.78 is 5.45. The maximum atomic E-state index is 5.45. The molecule has 1 aromatic carbocycles. The molecule has 1 aromatic rings. The van der Waals surface area contributed by atoms with E-state index in [1.54, 1.807) is 0 Å². The molecule has 2 rings (SSSR count). The van der Waals surface area contributed by atoms with Crippen molar-refractivity contribution in [3.8, 4) is 0 Å². The average molecular weight is 361 g/mol. The third-order valence-corrected chi connectivity index (χ3v) is 5.18. The molecule has 5 heteroatoms. The summed E-state index contributed by atoms with van der Waals surface area (Å²) in [4.78, 5) is 9.11. The van der Waals surface area contributed by atoms with Gasteiger partial charge in [-0.3, -0.25) is 4.99 Å². The molecule has 1 heterocycles. The quantitative estimate of drug-likeness (QED) is 0.417. The lowest BCUT2D eigenvalue weighted by atomic mass is 9.96. The second kappa shape index (κ2) is 11.8. The van der Waals surface area contributed by atoms with E-state index in [0.717, 1.165) is 57.7 Å². The minimum atomic E-state index is 0.799. The lowest BCUT2D eigenvalue weighted by Gasteiger charge is -2.27. The van der Waals surface area contributed by atoms with Crippen LogP contribution >= 0.6 is 0 Å². The predicted molar refractivity (Wildman–Crippen MR) is 111 cm³/mol. The normalized spacial score (nSPS) is 15.7. The van der Waals surface area contributed by atoms with Crippen molar-refractivity contribution in [2.75, 3.05) is 58.4 Å². The first-order chi connectivity index (χ1) is 12.7. The molecule has 0 atom stereocenters. The Morgan fingerprint density at radius 2 is 1.92 bits per heavy atom. The lowest BCUT2D eigenvalue weighted by Crippen LogP contribution is -2.41. The van der Waals surface area contributed by atoms with Gasteiger partial charge in [-0.2, -0.15) is 0 Å². The largest absolute Gasteiger partial charge is 0.381 e. The van der Waals surface area contributed by atoms with Crippen molar-refractivity contribution < 1.29 is 4.74 Å². The maximum Gasteiger partial charge on any atom is 0.193 e. The highest BCUT2D eigenvalue weighted by molar-refractivity contribution is 5.79. The third-order valence-electron chi connectivity index (χ3n) is 5.18. The molecule has 0 aromatic heterocycles. The van der Waals surface area contributed by atoms with Crippen LogP contribution in [0.2, 0.25) is 0 Å². The summed E-state index contributed by atoms with van der Waals surface area (Å²) >= 11 is 0. The minimum absolute atomic E-state index is 0.799. The topological polar surface area (TPSA) is 40.1 Å². The van der Waals surface area contributed by atoms with Crippen LogP contribution in [0.4, 0.5) is 5.69 Å². The van der Waals surface area contributed by atoms with Crippen molar-refractivity contribution >= 4 is 11.6 Å². The van der Waals surface area contributed by atoms with Crippen molar-refractivity contribution in [3.05, 3.63) is 30.3 Å². The van der Waals surface area contributed by atoms with Crippen molar-refractivity contribution in [2.24, 2.45) is 10.9 Å². The Balaban J connectivity index is 1.67. The van der Waals surface area contributed by atoms with Crippen LogP contribution in [0.15, 0.2) is 35.3 Å². The van der Waals surface area contributed by atoms with Crippen LogP contribution in [0.25, 0.3) is 0 Å². The van der Waals surface area contributed by atoms with Crippen molar-refractivity contribution in [1.82, 2.24) is 10.2 Å². The van der Waals surface area contributed by atoms with E-state index in [1.807, 2.05) is 7.05 Å². The molecule has 1 fully saturated rings. The molecule has 1 aliphatic heterocycles. The zero-order valence-corrected chi connectivity index (χ0v) is 16.8. The number of nitrogens with one attached hydrogen (secondary N) is 1. The molecule has 0 unspecified atom stereocenters. The van der Waals surface area contributed by atoms with Crippen LogP contribution in [-0.4, -0.2) is 64.3 Å². The van der Waals surface area contributed by atoms with Gasteiger partial charge in [0.15, 0.2) is 5.96 Å². The molecule has 0 saturated carbocycles. The van der Waals surface area contributed by atoms with Gasteiger partial charge in [-0.05, 0) is 50.7 Å². The van der Waals surface area contributed by atoms with E-state index < -0.39 is 0 Å². The first-order valence-corrected chi connectivity index (χ1v) is 10.0. The summed E-state index contributed by atoms with van der Waals surface area (Å²) in [5, 5.41) is 3.51. The highest BCUT2D eigenvalue weighted by atomic mass is 16.5. The number of ether oxygens (including phenoxy) is 1. The van der Waals surface area contributed by atoms with E-state index in [4.69, 9.17) is 4.74 Å². The van der Waals surface area contributed by atoms with E-state index in [1.165, 1.54) is 24.9 Å². The Labute approximate surface area is 159 Å². The molecule has 0 bridgehead atoms. The van der Waals surface area contributed by atoms with Crippen LogP contribution in [-0.2, 0) is 4.74 Å². The number of guanidine groups is 1. The Bertz CT molecular complexity index is 514. The standard InChI is InChI=1S/C21H36N4O/c1-4-25(20-9-6-5-7-10-20)15-8-14-23-21(22-2)24(3)16-11-19-12-17-26-18-13-19/h5-7,9-10,19H,4,8,11-18H2,1-3H3,(H,22,23). The highest BCUT2D eigenvalue weighted by Gasteiger charge is 2.15. The van der Waals surface area contributed by atoms with E-state index in [2.05, 4.69) is 64.4 Å². The van der Waals surface area contributed by atoms with Crippen molar-refractivity contribution in [1.29, 1.82) is 0 Å². The van der Waals surface area contributed by atoms with Gasteiger partial charge in [0.05, 0.1) is 0 Å². The van der Waals surface area contributed by atoms with E-state index >= 15 is 0 Å². The maximum absolute atomic E-state index is 5.45. The molecule has 146 valence electrons. The van der Waals surface area contributed by atoms with Gasteiger partial charge in [-0.25, -0.2) is 0 Å². The number of aliphatic imine (C=N–C) groups is 1. The van der Waals surface area contributed by atoms with Crippen LogP contribution in [0.3, 0.4) is 0 Å². The second-order valence-corrected chi connectivity index (χ2v) is 7.01. The van der Waals surface area contributed by atoms with Crippen molar-refractivity contribution in [3.63, 3.8) is 0 Å². The van der Waals surface area contributed by atoms with Gasteiger partial charge in [0.1, 0.15) is 0 Å². The van der Waals surface area contributed by atoms with Crippen LogP contribution in [0.5, 0.6) is 0 Å². The number of hydrogen-bond acceptors (Lipinski definition) is 3. The molecule has 5 nitrogen and oxygen atoms in total.